The Morgan fingerprint density at radius 1 is 0.795 bits per heavy atom. The van der Waals surface area contributed by atoms with Gasteiger partial charge in [0.15, 0.2) is 0 Å². The number of nitrogens with zero attached hydrogens (tertiary/aromatic N) is 2. The molecule has 0 fully saturated rings. The molecule has 0 bridgehead atoms. The van der Waals surface area contributed by atoms with Gasteiger partial charge in [0.05, 0.1) is 30.3 Å². The van der Waals surface area contributed by atoms with Crippen LogP contribution in [0.3, 0.4) is 0 Å². The standard InChI is InChI=1S/C32H24BrN3O3/c1-39-32(38)24-15-17-28(18-16-24)36-29(22-9-4-2-5-10-22)20-26(30(36)23-11-6-3-7-12-23)21-34-35-31(37)25-13-8-14-27(33)19-25/h2-21H,1H3,(H,35,37)/b34-21+. The maximum atomic E-state index is 12.7. The number of nitrogens with one attached hydrogen (secondary N) is 1. The molecule has 39 heavy (non-hydrogen) atoms. The van der Waals surface area contributed by atoms with Gasteiger partial charge in [0, 0.05) is 21.3 Å². The molecule has 1 heterocycles. The first-order valence-electron chi connectivity index (χ1n) is 12.2. The van der Waals surface area contributed by atoms with E-state index in [1.165, 1.54) is 7.11 Å². The molecule has 0 atom stereocenters. The van der Waals surface area contributed by atoms with Crippen molar-refractivity contribution in [2.45, 2.75) is 0 Å². The number of aromatic nitrogens is 1. The molecule has 7 heteroatoms. The summed E-state index contributed by atoms with van der Waals surface area (Å²) < 4.78 is 7.82. The molecule has 0 spiro atoms. The molecule has 192 valence electrons. The van der Waals surface area contributed by atoms with E-state index in [4.69, 9.17) is 4.74 Å². The number of ether oxygens (including phenoxy) is 1. The van der Waals surface area contributed by atoms with E-state index in [2.05, 4.69) is 31.0 Å². The smallest absolute Gasteiger partial charge is 0.337 e. The third kappa shape index (κ3) is 5.73. The van der Waals surface area contributed by atoms with E-state index in [-0.39, 0.29) is 5.91 Å². The number of hydrazone groups is 1. The zero-order valence-electron chi connectivity index (χ0n) is 21.0. The van der Waals surface area contributed by atoms with Crippen LogP contribution in [0, 0.1) is 0 Å². The van der Waals surface area contributed by atoms with Crippen molar-refractivity contribution in [1.29, 1.82) is 0 Å². The van der Waals surface area contributed by atoms with Crippen molar-refractivity contribution in [3.05, 3.63) is 136 Å². The van der Waals surface area contributed by atoms with E-state index in [9.17, 15) is 9.59 Å². The highest BCUT2D eigenvalue weighted by molar-refractivity contribution is 9.10. The zero-order chi connectivity index (χ0) is 27.2. The lowest BCUT2D eigenvalue weighted by molar-refractivity contribution is 0.0600. The van der Waals surface area contributed by atoms with Crippen LogP contribution in [-0.4, -0.2) is 29.8 Å². The molecule has 0 unspecified atom stereocenters. The summed E-state index contributed by atoms with van der Waals surface area (Å²) in [6, 6.07) is 36.4. The average molecular weight is 578 g/mol. The van der Waals surface area contributed by atoms with Crippen molar-refractivity contribution in [3.8, 4) is 28.2 Å². The molecule has 5 aromatic rings. The Bertz CT molecular complexity index is 1640. The molecule has 0 aliphatic heterocycles. The van der Waals surface area contributed by atoms with Crippen LogP contribution >= 0.6 is 15.9 Å². The Hall–Kier alpha value is -4.75. The van der Waals surface area contributed by atoms with Gasteiger partial charge in [0.2, 0.25) is 0 Å². The lowest BCUT2D eigenvalue weighted by atomic mass is 10.1. The number of hydrogen-bond acceptors (Lipinski definition) is 4. The SMILES string of the molecule is COC(=O)c1ccc(-n2c(-c3ccccc3)cc(/C=N/NC(=O)c3cccc(Br)c3)c2-c2ccccc2)cc1. The number of hydrogen-bond donors (Lipinski definition) is 1. The lowest BCUT2D eigenvalue weighted by Gasteiger charge is -2.15. The predicted molar refractivity (Wildman–Crippen MR) is 157 cm³/mol. The van der Waals surface area contributed by atoms with E-state index in [1.54, 1.807) is 36.5 Å². The first kappa shape index (κ1) is 25.9. The Kier molecular flexibility index (Phi) is 7.80. The third-order valence-electron chi connectivity index (χ3n) is 6.15. The first-order valence-corrected chi connectivity index (χ1v) is 13.0. The molecule has 0 aliphatic rings. The molecule has 0 saturated carbocycles. The third-order valence-corrected chi connectivity index (χ3v) is 6.64. The number of halogens is 1. The van der Waals surface area contributed by atoms with E-state index in [0.717, 1.165) is 38.2 Å². The van der Waals surface area contributed by atoms with Crippen LogP contribution in [-0.2, 0) is 4.74 Å². The number of esters is 1. The van der Waals surface area contributed by atoms with E-state index in [0.29, 0.717) is 11.1 Å². The fourth-order valence-electron chi connectivity index (χ4n) is 4.33. The minimum atomic E-state index is -0.394. The second kappa shape index (κ2) is 11.8. The predicted octanol–water partition coefficient (Wildman–Crippen LogP) is 7.12. The van der Waals surface area contributed by atoms with Crippen molar-refractivity contribution in [3.63, 3.8) is 0 Å². The highest BCUT2D eigenvalue weighted by Crippen LogP contribution is 2.35. The number of benzene rings is 4. The molecule has 1 aromatic heterocycles. The molecule has 1 N–H and O–H groups in total. The van der Waals surface area contributed by atoms with Crippen LogP contribution < -0.4 is 5.43 Å². The van der Waals surface area contributed by atoms with E-state index in [1.807, 2.05) is 84.9 Å². The van der Waals surface area contributed by atoms with Crippen LogP contribution in [0.5, 0.6) is 0 Å². The molecule has 6 nitrogen and oxygen atoms in total. The fraction of sp³-hybridized carbons (Fsp3) is 0.0312. The van der Waals surface area contributed by atoms with Crippen molar-refractivity contribution < 1.29 is 14.3 Å². The van der Waals surface area contributed by atoms with Gasteiger partial charge in [-0.3, -0.25) is 4.79 Å². The molecule has 5 rings (SSSR count). The van der Waals surface area contributed by atoms with Crippen LogP contribution in [0.25, 0.3) is 28.2 Å². The molecular weight excluding hydrogens is 554 g/mol. The summed E-state index contributed by atoms with van der Waals surface area (Å²) in [5, 5.41) is 4.31. The van der Waals surface area contributed by atoms with Crippen LogP contribution in [0.4, 0.5) is 0 Å². The number of methoxy groups -OCH3 is 1. The number of carbonyl (C=O) groups is 2. The van der Waals surface area contributed by atoms with Gasteiger partial charge in [-0.15, -0.1) is 0 Å². The summed E-state index contributed by atoms with van der Waals surface area (Å²) in [6.07, 6.45) is 1.66. The van der Waals surface area contributed by atoms with Crippen molar-refractivity contribution >= 4 is 34.0 Å². The normalized spacial score (nSPS) is 10.9. The average Bonchev–Trinajstić information content (AvgIpc) is 3.37. The van der Waals surface area contributed by atoms with Gasteiger partial charge in [-0.1, -0.05) is 82.7 Å². The van der Waals surface area contributed by atoms with Gasteiger partial charge in [-0.05, 0) is 59.7 Å². The number of rotatable bonds is 7. The maximum Gasteiger partial charge on any atom is 0.337 e. The number of amides is 1. The fourth-order valence-corrected chi connectivity index (χ4v) is 4.73. The van der Waals surface area contributed by atoms with Gasteiger partial charge in [-0.25, -0.2) is 10.2 Å². The quantitative estimate of drug-likeness (QED) is 0.127. The van der Waals surface area contributed by atoms with Gasteiger partial charge in [-0.2, -0.15) is 5.10 Å². The molecule has 0 saturated heterocycles. The summed E-state index contributed by atoms with van der Waals surface area (Å²) in [4.78, 5) is 24.7. The summed E-state index contributed by atoms with van der Waals surface area (Å²) >= 11 is 3.40. The second-order valence-electron chi connectivity index (χ2n) is 8.65. The molecular formula is C32H24BrN3O3. The zero-order valence-corrected chi connectivity index (χ0v) is 22.6. The molecule has 0 aliphatic carbocycles. The van der Waals surface area contributed by atoms with Gasteiger partial charge >= 0.3 is 5.97 Å². The minimum absolute atomic E-state index is 0.310. The monoisotopic (exact) mass is 577 g/mol. The maximum absolute atomic E-state index is 12.7. The van der Waals surface area contributed by atoms with Crippen LogP contribution in [0.15, 0.2) is 125 Å². The van der Waals surface area contributed by atoms with Gasteiger partial charge < -0.3 is 9.30 Å². The Morgan fingerprint density at radius 2 is 1.46 bits per heavy atom. The Labute approximate surface area is 234 Å². The van der Waals surface area contributed by atoms with E-state index >= 15 is 0 Å². The van der Waals surface area contributed by atoms with Crippen molar-refractivity contribution in [1.82, 2.24) is 9.99 Å². The van der Waals surface area contributed by atoms with Crippen molar-refractivity contribution in [2.24, 2.45) is 5.10 Å². The summed E-state index contributed by atoms with van der Waals surface area (Å²) in [5.41, 5.74) is 9.07. The summed E-state index contributed by atoms with van der Waals surface area (Å²) in [5.74, 6) is -0.704. The highest BCUT2D eigenvalue weighted by Gasteiger charge is 2.19. The largest absolute Gasteiger partial charge is 0.465 e. The molecule has 0 radical (unpaired) electrons. The summed E-state index contributed by atoms with van der Waals surface area (Å²) in [6.45, 7) is 0. The van der Waals surface area contributed by atoms with Gasteiger partial charge in [0.25, 0.3) is 5.91 Å². The lowest BCUT2D eigenvalue weighted by Crippen LogP contribution is -2.17. The Balaban J connectivity index is 1.63. The molecule has 1 amide bonds. The van der Waals surface area contributed by atoms with E-state index < -0.39 is 5.97 Å². The second-order valence-corrected chi connectivity index (χ2v) is 9.56. The highest BCUT2D eigenvalue weighted by atomic mass is 79.9. The number of carbonyl (C=O) groups excluding carboxylic acids is 2. The first-order chi connectivity index (χ1) is 19.0. The topological polar surface area (TPSA) is 72.7 Å². The van der Waals surface area contributed by atoms with Crippen molar-refractivity contribution in [2.75, 3.05) is 7.11 Å². The Morgan fingerprint density at radius 3 is 2.10 bits per heavy atom. The van der Waals surface area contributed by atoms with Crippen LogP contribution in [0.1, 0.15) is 26.3 Å². The van der Waals surface area contributed by atoms with Crippen LogP contribution in [0.2, 0.25) is 0 Å². The van der Waals surface area contributed by atoms with Gasteiger partial charge in [0.1, 0.15) is 0 Å². The molecule has 4 aromatic carbocycles. The minimum Gasteiger partial charge on any atom is -0.465 e. The summed E-state index contributed by atoms with van der Waals surface area (Å²) in [7, 11) is 1.37.